The molecule has 0 heterocycles. The Morgan fingerprint density at radius 3 is 2.62 bits per heavy atom. The number of benzene rings is 1. The quantitative estimate of drug-likeness (QED) is 0.843. The lowest BCUT2D eigenvalue weighted by molar-refractivity contribution is 0.0937. The molecule has 2 N–H and O–H groups in total. The van der Waals surface area contributed by atoms with Crippen LogP contribution in [0.15, 0.2) is 18.2 Å². The van der Waals surface area contributed by atoms with Gasteiger partial charge in [0.2, 0.25) is 0 Å². The molecule has 1 rings (SSSR count). The molecule has 0 radical (unpaired) electrons. The molecule has 1 unspecified atom stereocenters. The van der Waals surface area contributed by atoms with Crippen molar-refractivity contribution in [2.24, 2.45) is 11.3 Å². The first-order chi connectivity index (χ1) is 9.75. The maximum absolute atomic E-state index is 12.1. The van der Waals surface area contributed by atoms with Crippen molar-refractivity contribution in [3.8, 4) is 11.8 Å². The normalized spacial score (nSPS) is 12.3. The van der Waals surface area contributed by atoms with E-state index < -0.39 is 0 Å². The SMILES string of the molecule is CC(CNC(=O)c1ccc(C#CCO)c(Cl)c1)C(C)(C)C. The lowest BCUT2D eigenvalue weighted by Gasteiger charge is -2.27. The molecule has 0 fully saturated rings. The Bertz CT molecular complexity index is 564. The van der Waals surface area contributed by atoms with Crippen LogP contribution < -0.4 is 5.32 Å². The molecule has 114 valence electrons. The van der Waals surface area contributed by atoms with Crippen molar-refractivity contribution in [2.75, 3.05) is 13.2 Å². The van der Waals surface area contributed by atoms with Crippen LogP contribution in [-0.2, 0) is 0 Å². The van der Waals surface area contributed by atoms with Crippen LogP contribution in [0.2, 0.25) is 5.02 Å². The van der Waals surface area contributed by atoms with Gasteiger partial charge in [0.25, 0.3) is 5.91 Å². The van der Waals surface area contributed by atoms with Crippen LogP contribution in [0.4, 0.5) is 0 Å². The summed E-state index contributed by atoms with van der Waals surface area (Å²) in [5.41, 5.74) is 1.26. The first-order valence-electron chi connectivity index (χ1n) is 6.93. The summed E-state index contributed by atoms with van der Waals surface area (Å²) in [7, 11) is 0. The molecule has 0 aliphatic heterocycles. The zero-order valence-corrected chi connectivity index (χ0v) is 13.7. The minimum atomic E-state index is -0.219. The Hall–Kier alpha value is -1.50. The second kappa shape index (κ2) is 7.49. The van der Waals surface area contributed by atoms with Crippen LogP contribution in [0.5, 0.6) is 0 Å². The summed E-state index contributed by atoms with van der Waals surface area (Å²) in [5, 5.41) is 12.0. The van der Waals surface area contributed by atoms with Crippen LogP contribution in [0.25, 0.3) is 0 Å². The standard InChI is InChI=1S/C17H22ClNO2/c1-12(17(2,3)4)11-19-16(21)14-8-7-13(6-5-9-20)15(18)10-14/h7-8,10,12,20H,9,11H2,1-4H3,(H,19,21). The number of aliphatic hydroxyl groups is 1. The van der Waals surface area contributed by atoms with Crippen LogP contribution in [0.3, 0.4) is 0 Å². The summed E-state index contributed by atoms with van der Waals surface area (Å²) in [6.45, 7) is 8.95. The van der Waals surface area contributed by atoms with Crippen molar-refractivity contribution in [3.63, 3.8) is 0 Å². The third-order valence-corrected chi connectivity index (χ3v) is 3.89. The van der Waals surface area contributed by atoms with Crippen molar-refractivity contribution in [3.05, 3.63) is 34.3 Å². The zero-order chi connectivity index (χ0) is 16.0. The van der Waals surface area contributed by atoms with Gasteiger partial charge in [-0.1, -0.05) is 51.1 Å². The molecule has 1 amide bonds. The van der Waals surface area contributed by atoms with Crippen LogP contribution in [-0.4, -0.2) is 24.2 Å². The smallest absolute Gasteiger partial charge is 0.251 e. The number of amides is 1. The maximum atomic E-state index is 12.1. The van der Waals surface area contributed by atoms with Crippen molar-refractivity contribution in [1.29, 1.82) is 0 Å². The second-order valence-corrected chi connectivity index (χ2v) is 6.54. The molecule has 0 aromatic heterocycles. The van der Waals surface area contributed by atoms with Gasteiger partial charge in [-0.3, -0.25) is 4.79 Å². The third kappa shape index (κ3) is 5.41. The van der Waals surface area contributed by atoms with Gasteiger partial charge in [-0.25, -0.2) is 0 Å². The highest BCUT2D eigenvalue weighted by Crippen LogP contribution is 2.24. The van der Waals surface area contributed by atoms with E-state index in [9.17, 15) is 4.79 Å². The molecule has 1 aromatic carbocycles. The molecular weight excluding hydrogens is 286 g/mol. The Labute approximate surface area is 131 Å². The van der Waals surface area contributed by atoms with Gasteiger partial charge < -0.3 is 10.4 Å². The average Bonchev–Trinajstić information content (AvgIpc) is 2.41. The van der Waals surface area contributed by atoms with Gasteiger partial charge in [0, 0.05) is 17.7 Å². The molecule has 0 saturated carbocycles. The third-order valence-electron chi connectivity index (χ3n) is 3.58. The van der Waals surface area contributed by atoms with Gasteiger partial charge in [-0.15, -0.1) is 0 Å². The summed E-state index contributed by atoms with van der Waals surface area (Å²) in [5.74, 6) is 5.49. The number of aliphatic hydroxyl groups excluding tert-OH is 1. The van der Waals surface area contributed by atoms with Gasteiger partial charge in [0.1, 0.15) is 6.61 Å². The summed E-state index contributed by atoms with van der Waals surface area (Å²) < 4.78 is 0. The Kier molecular flexibility index (Phi) is 6.26. The van der Waals surface area contributed by atoms with Crippen molar-refractivity contribution in [2.45, 2.75) is 27.7 Å². The molecule has 21 heavy (non-hydrogen) atoms. The molecule has 1 atom stereocenters. The molecule has 1 aromatic rings. The minimum Gasteiger partial charge on any atom is -0.384 e. The highest BCUT2D eigenvalue weighted by atomic mass is 35.5. The Morgan fingerprint density at radius 2 is 2.10 bits per heavy atom. The number of rotatable bonds is 3. The molecule has 0 spiro atoms. The van der Waals surface area contributed by atoms with Crippen LogP contribution in [0.1, 0.15) is 43.6 Å². The predicted octanol–water partition coefficient (Wildman–Crippen LogP) is 3.10. The fourth-order valence-corrected chi connectivity index (χ4v) is 1.77. The number of nitrogens with one attached hydrogen (secondary N) is 1. The van der Waals surface area contributed by atoms with E-state index in [1.165, 1.54) is 0 Å². The first-order valence-corrected chi connectivity index (χ1v) is 7.31. The maximum Gasteiger partial charge on any atom is 0.251 e. The molecule has 4 heteroatoms. The zero-order valence-electron chi connectivity index (χ0n) is 13.0. The van der Waals surface area contributed by atoms with Gasteiger partial charge in [-0.05, 0) is 29.5 Å². The van der Waals surface area contributed by atoms with Gasteiger partial charge >= 0.3 is 0 Å². The lowest BCUT2D eigenvalue weighted by Crippen LogP contribution is -2.33. The van der Waals surface area contributed by atoms with Crippen LogP contribution >= 0.6 is 11.6 Å². The van der Waals surface area contributed by atoms with E-state index in [2.05, 4.69) is 44.9 Å². The second-order valence-electron chi connectivity index (χ2n) is 6.13. The minimum absolute atomic E-state index is 0.144. The number of hydrogen-bond acceptors (Lipinski definition) is 2. The average molecular weight is 308 g/mol. The lowest BCUT2D eigenvalue weighted by atomic mass is 9.82. The van der Waals surface area contributed by atoms with Crippen LogP contribution in [0, 0.1) is 23.2 Å². The predicted molar refractivity (Wildman–Crippen MR) is 86.4 cm³/mol. The molecule has 0 aliphatic carbocycles. The summed E-state index contributed by atoms with van der Waals surface area (Å²) in [6, 6.07) is 4.97. The van der Waals surface area contributed by atoms with E-state index >= 15 is 0 Å². The van der Waals surface area contributed by atoms with Crippen molar-refractivity contribution in [1.82, 2.24) is 5.32 Å². The molecule has 3 nitrogen and oxygen atoms in total. The largest absolute Gasteiger partial charge is 0.384 e. The van der Waals surface area contributed by atoms with E-state index in [1.807, 2.05) is 0 Å². The van der Waals surface area contributed by atoms with Gasteiger partial charge in [-0.2, -0.15) is 0 Å². The van der Waals surface area contributed by atoms with E-state index in [0.717, 1.165) is 0 Å². The Balaban J connectivity index is 2.74. The molecule has 0 aliphatic rings. The monoisotopic (exact) mass is 307 g/mol. The number of hydrogen-bond donors (Lipinski definition) is 2. The topological polar surface area (TPSA) is 49.3 Å². The number of carbonyl (C=O) groups is 1. The van der Waals surface area contributed by atoms with Gasteiger partial charge in [0.05, 0.1) is 5.02 Å². The van der Waals surface area contributed by atoms with Crippen molar-refractivity contribution >= 4 is 17.5 Å². The molecule has 0 bridgehead atoms. The highest BCUT2D eigenvalue weighted by Gasteiger charge is 2.20. The van der Waals surface area contributed by atoms with E-state index in [0.29, 0.717) is 28.6 Å². The number of halogens is 1. The fourth-order valence-electron chi connectivity index (χ4n) is 1.55. The summed E-state index contributed by atoms with van der Waals surface area (Å²) in [6.07, 6.45) is 0. The van der Waals surface area contributed by atoms with Gasteiger partial charge in [0.15, 0.2) is 0 Å². The fraction of sp³-hybridized carbons (Fsp3) is 0.471. The number of carbonyl (C=O) groups excluding carboxylic acids is 1. The summed E-state index contributed by atoms with van der Waals surface area (Å²) >= 11 is 6.08. The highest BCUT2D eigenvalue weighted by molar-refractivity contribution is 6.32. The molecular formula is C17H22ClNO2. The summed E-state index contributed by atoms with van der Waals surface area (Å²) in [4.78, 5) is 12.1. The van der Waals surface area contributed by atoms with E-state index in [4.69, 9.17) is 16.7 Å². The Morgan fingerprint density at radius 1 is 1.43 bits per heavy atom. The van der Waals surface area contributed by atoms with Crippen molar-refractivity contribution < 1.29 is 9.90 Å². The first kappa shape index (κ1) is 17.6. The molecule has 0 saturated heterocycles. The van der Waals surface area contributed by atoms with E-state index in [1.54, 1.807) is 18.2 Å². The van der Waals surface area contributed by atoms with E-state index in [-0.39, 0.29) is 17.9 Å².